The smallest absolute Gasteiger partial charge is 0.308 e. The highest BCUT2D eigenvalue weighted by molar-refractivity contribution is 8.74. The lowest BCUT2D eigenvalue weighted by atomic mass is 10.2. The molecule has 2 atom stereocenters. The molecule has 1 amide bonds. The van der Waals surface area contributed by atoms with Crippen molar-refractivity contribution in [1.29, 1.82) is 0 Å². The molecule has 0 fully saturated rings. The van der Waals surface area contributed by atoms with Crippen molar-refractivity contribution in [3.63, 3.8) is 0 Å². The molecule has 2 unspecified atom stereocenters. The third-order valence-corrected chi connectivity index (χ3v) is 7.13. The van der Waals surface area contributed by atoms with Crippen LogP contribution in [0.5, 0.6) is 0 Å². The second-order valence-corrected chi connectivity index (χ2v) is 11.7. The number of amides is 1. The van der Waals surface area contributed by atoms with Crippen LogP contribution in [0.4, 0.5) is 0 Å². The minimum absolute atomic E-state index is 0.130. The lowest BCUT2D eigenvalue weighted by Gasteiger charge is -2.20. The summed E-state index contributed by atoms with van der Waals surface area (Å²) in [5.41, 5.74) is -0.944. The molecule has 0 rings (SSSR count). The number of rotatable bonds is 12. The summed E-state index contributed by atoms with van der Waals surface area (Å²) in [5.74, 6) is 1.39. The van der Waals surface area contributed by atoms with Gasteiger partial charge in [0.1, 0.15) is 11.9 Å². The van der Waals surface area contributed by atoms with Gasteiger partial charge in [0, 0.05) is 24.9 Å². The van der Waals surface area contributed by atoms with Gasteiger partial charge in [0.15, 0.2) is 0 Å². The van der Waals surface area contributed by atoms with Crippen LogP contribution in [0, 0.1) is 5.92 Å². The van der Waals surface area contributed by atoms with Crippen molar-refractivity contribution in [3.05, 3.63) is 12.3 Å². The Hall–Kier alpha value is -0.660. The molecule has 0 aromatic heterocycles. The van der Waals surface area contributed by atoms with Crippen LogP contribution in [0.3, 0.4) is 0 Å². The standard InChI is InChI=1S/C18H34NO4S2/c1-15(2)10-13-24-25(6)17(22)8-7-11-19(14-20)12-9-16(21)23-18(3,4)5/h7,11,14-15,17,22H,8-10,12-13H2,1-6H3/q+1. The van der Waals surface area contributed by atoms with Crippen LogP contribution < -0.4 is 0 Å². The molecule has 0 aromatic carbocycles. The van der Waals surface area contributed by atoms with Gasteiger partial charge in [0.05, 0.1) is 27.1 Å². The SMILES string of the molecule is CC(C)CCS[S+](C)C(O)CC=CN(C=O)CCC(=O)OC(C)(C)C. The molecule has 0 saturated heterocycles. The molecule has 1 N–H and O–H groups in total. The second-order valence-electron chi connectivity index (χ2n) is 7.26. The Morgan fingerprint density at radius 2 is 2.00 bits per heavy atom. The third-order valence-electron chi connectivity index (χ3n) is 3.11. The normalized spacial score (nSPS) is 14.6. The zero-order valence-corrected chi connectivity index (χ0v) is 18.0. The fourth-order valence-corrected chi connectivity index (χ4v) is 4.87. The molecule has 0 aromatic rings. The van der Waals surface area contributed by atoms with Crippen LogP contribution in [0.1, 0.15) is 53.9 Å². The largest absolute Gasteiger partial charge is 0.460 e. The van der Waals surface area contributed by atoms with Gasteiger partial charge in [-0.25, -0.2) is 0 Å². The van der Waals surface area contributed by atoms with Crippen LogP contribution >= 0.6 is 10.8 Å². The van der Waals surface area contributed by atoms with Crippen molar-refractivity contribution >= 4 is 33.1 Å². The van der Waals surface area contributed by atoms with E-state index in [0.717, 1.165) is 12.2 Å². The summed E-state index contributed by atoms with van der Waals surface area (Å²) in [6, 6.07) is 0. The Morgan fingerprint density at radius 1 is 1.36 bits per heavy atom. The van der Waals surface area contributed by atoms with E-state index < -0.39 is 11.0 Å². The number of nitrogens with zero attached hydrogens (tertiary/aromatic N) is 1. The highest BCUT2D eigenvalue weighted by Crippen LogP contribution is 2.22. The molecule has 146 valence electrons. The van der Waals surface area contributed by atoms with Crippen LogP contribution in [0.2, 0.25) is 0 Å². The van der Waals surface area contributed by atoms with Crippen LogP contribution in [-0.2, 0) is 24.3 Å². The molecule has 0 heterocycles. The van der Waals surface area contributed by atoms with Crippen LogP contribution in [0.25, 0.3) is 0 Å². The summed E-state index contributed by atoms with van der Waals surface area (Å²) in [6.07, 6.45) is 7.91. The van der Waals surface area contributed by atoms with Crippen LogP contribution in [-0.4, -0.2) is 52.0 Å². The van der Waals surface area contributed by atoms with Crippen molar-refractivity contribution in [2.75, 3.05) is 18.6 Å². The fourth-order valence-electron chi connectivity index (χ4n) is 1.72. The molecular weight excluding hydrogens is 358 g/mol. The Balaban J connectivity index is 4.17. The summed E-state index contributed by atoms with van der Waals surface area (Å²) in [7, 11) is 1.67. The first-order valence-corrected chi connectivity index (χ1v) is 11.8. The second kappa shape index (κ2) is 12.7. The lowest BCUT2D eigenvalue weighted by molar-refractivity contribution is -0.155. The maximum Gasteiger partial charge on any atom is 0.308 e. The average molecular weight is 393 g/mol. The number of ether oxygens (including phenoxy) is 1. The highest BCUT2D eigenvalue weighted by Gasteiger charge is 2.23. The molecule has 0 spiro atoms. The molecule has 0 radical (unpaired) electrons. The van der Waals surface area contributed by atoms with E-state index in [1.54, 1.807) is 23.1 Å². The van der Waals surface area contributed by atoms with E-state index in [1.807, 2.05) is 27.0 Å². The van der Waals surface area contributed by atoms with Crippen molar-refractivity contribution < 1.29 is 19.4 Å². The maximum atomic E-state index is 11.7. The molecule has 5 nitrogen and oxygen atoms in total. The van der Waals surface area contributed by atoms with E-state index in [9.17, 15) is 14.7 Å². The summed E-state index contributed by atoms with van der Waals surface area (Å²) in [6.45, 7) is 10.1. The topological polar surface area (TPSA) is 66.8 Å². The molecule has 0 saturated carbocycles. The van der Waals surface area contributed by atoms with E-state index >= 15 is 0 Å². The number of aliphatic hydroxyl groups is 1. The molecule has 0 aliphatic carbocycles. The van der Waals surface area contributed by atoms with Gasteiger partial charge < -0.3 is 14.7 Å². The minimum Gasteiger partial charge on any atom is -0.460 e. The summed E-state index contributed by atoms with van der Waals surface area (Å²) >= 11 is 0. The number of aliphatic hydroxyl groups excluding tert-OH is 1. The van der Waals surface area contributed by atoms with Gasteiger partial charge in [-0.2, -0.15) is 0 Å². The third kappa shape index (κ3) is 14.2. The lowest BCUT2D eigenvalue weighted by Crippen LogP contribution is -2.27. The zero-order valence-electron chi connectivity index (χ0n) is 16.4. The number of hydrogen-bond donors (Lipinski definition) is 1. The van der Waals surface area contributed by atoms with E-state index in [-0.39, 0.29) is 28.9 Å². The first kappa shape index (κ1) is 24.3. The van der Waals surface area contributed by atoms with E-state index in [0.29, 0.717) is 18.7 Å². The summed E-state index contributed by atoms with van der Waals surface area (Å²) < 4.78 is 5.21. The first-order valence-electron chi connectivity index (χ1n) is 8.60. The number of carbonyl (C=O) groups excluding carboxylic acids is 2. The van der Waals surface area contributed by atoms with E-state index in [4.69, 9.17) is 4.74 Å². The van der Waals surface area contributed by atoms with E-state index in [1.165, 1.54) is 4.90 Å². The minimum atomic E-state index is -0.520. The van der Waals surface area contributed by atoms with Gasteiger partial charge in [-0.05, 0) is 33.1 Å². The Kier molecular flexibility index (Phi) is 12.3. The predicted molar refractivity (Wildman–Crippen MR) is 108 cm³/mol. The number of hydrogen-bond acceptors (Lipinski definition) is 5. The average Bonchev–Trinajstić information content (AvgIpc) is 2.48. The van der Waals surface area contributed by atoms with Gasteiger partial charge >= 0.3 is 5.97 Å². The maximum absolute atomic E-state index is 11.7. The molecule has 25 heavy (non-hydrogen) atoms. The quantitative estimate of drug-likeness (QED) is 0.239. The van der Waals surface area contributed by atoms with Crippen molar-refractivity contribution in [3.8, 4) is 0 Å². The van der Waals surface area contributed by atoms with Crippen molar-refractivity contribution in [2.45, 2.75) is 64.9 Å². The van der Waals surface area contributed by atoms with Gasteiger partial charge in [-0.3, -0.25) is 9.59 Å². The van der Waals surface area contributed by atoms with E-state index in [2.05, 4.69) is 13.8 Å². The highest BCUT2D eigenvalue weighted by atomic mass is 33.1. The molecular formula is C18H34NO4S2+. The Morgan fingerprint density at radius 3 is 2.52 bits per heavy atom. The summed E-state index contributed by atoms with van der Waals surface area (Å²) in [5, 5.41) is 10.2. The Bertz CT molecular complexity index is 422. The van der Waals surface area contributed by atoms with Gasteiger partial charge in [0.2, 0.25) is 11.8 Å². The molecule has 0 bridgehead atoms. The molecule has 7 heteroatoms. The van der Waals surface area contributed by atoms with Gasteiger partial charge in [-0.15, -0.1) is 0 Å². The Labute approximate surface area is 159 Å². The predicted octanol–water partition coefficient (Wildman–Crippen LogP) is 3.34. The first-order chi connectivity index (χ1) is 11.5. The summed E-state index contributed by atoms with van der Waals surface area (Å²) in [4.78, 5) is 24.1. The van der Waals surface area contributed by atoms with Crippen LogP contribution in [0.15, 0.2) is 12.3 Å². The number of carbonyl (C=O) groups is 2. The number of esters is 1. The van der Waals surface area contributed by atoms with Gasteiger partial charge in [-0.1, -0.05) is 19.9 Å². The van der Waals surface area contributed by atoms with Crippen molar-refractivity contribution in [2.24, 2.45) is 5.92 Å². The van der Waals surface area contributed by atoms with Gasteiger partial charge in [0.25, 0.3) is 0 Å². The molecule has 0 aliphatic heterocycles. The molecule has 0 aliphatic rings. The fraction of sp³-hybridized carbons (Fsp3) is 0.778. The zero-order chi connectivity index (χ0) is 19.5. The van der Waals surface area contributed by atoms with Crippen molar-refractivity contribution in [1.82, 2.24) is 4.90 Å². The monoisotopic (exact) mass is 392 g/mol.